The van der Waals surface area contributed by atoms with E-state index in [4.69, 9.17) is 29.0 Å². The molecule has 0 saturated heterocycles. The fraction of sp³-hybridized carbons (Fsp3) is 0. The van der Waals surface area contributed by atoms with Crippen LogP contribution in [0.2, 0.25) is 10.0 Å². The predicted molar refractivity (Wildman–Crippen MR) is 85.2 cm³/mol. The summed E-state index contributed by atoms with van der Waals surface area (Å²) in [5.41, 5.74) is 4.54. The van der Waals surface area contributed by atoms with Gasteiger partial charge in [0.2, 0.25) is 0 Å². The molecule has 0 fully saturated rings. The van der Waals surface area contributed by atoms with E-state index < -0.39 is 0 Å². The van der Waals surface area contributed by atoms with Crippen molar-refractivity contribution in [2.75, 3.05) is 5.32 Å². The first-order valence-electron chi connectivity index (χ1n) is 5.83. The fourth-order valence-electron chi connectivity index (χ4n) is 1.52. The number of benzene rings is 1. The van der Waals surface area contributed by atoms with Crippen LogP contribution >= 0.6 is 23.2 Å². The lowest BCUT2D eigenvalue weighted by Gasteiger charge is -2.10. The molecule has 0 bridgehead atoms. The molecule has 0 aliphatic rings. The summed E-state index contributed by atoms with van der Waals surface area (Å²) >= 11 is 12.0. The van der Waals surface area contributed by atoms with Crippen LogP contribution in [0.5, 0.6) is 0 Å². The maximum atomic E-state index is 6.19. The number of halogens is 2. The number of rotatable bonds is 5. The van der Waals surface area contributed by atoms with Crippen LogP contribution in [0.3, 0.4) is 0 Å². The molecule has 0 aliphatic heterocycles. The van der Waals surface area contributed by atoms with Gasteiger partial charge in [0, 0.05) is 22.5 Å². The summed E-state index contributed by atoms with van der Waals surface area (Å²) in [4.78, 5) is 4.24. The maximum Gasteiger partial charge on any atom is 0.149 e. The number of anilines is 2. The van der Waals surface area contributed by atoms with Crippen molar-refractivity contribution in [1.29, 1.82) is 0 Å². The number of aromatic nitrogens is 1. The van der Waals surface area contributed by atoms with Crippen molar-refractivity contribution < 1.29 is 0 Å². The molecule has 21 heavy (non-hydrogen) atoms. The first-order valence-corrected chi connectivity index (χ1v) is 6.59. The van der Waals surface area contributed by atoms with Gasteiger partial charge in [-0.25, -0.2) is 4.98 Å². The molecule has 6 nitrogen and oxygen atoms in total. The van der Waals surface area contributed by atoms with Crippen molar-refractivity contribution in [3.63, 3.8) is 0 Å². The highest BCUT2D eigenvalue weighted by molar-refractivity contribution is 6.33. The molecule has 0 amide bonds. The molecule has 1 aromatic heterocycles. The summed E-state index contributed by atoms with van der Waals surface area (Å²) in [6, 6.07) is 8.91. The standard InChI is InChI=1S/C13H12Cl2N6/c1-8(19-21-20-16)9-6-12(15)13(17-7-9)18-11-4-2-10(14)3-5-11/h2-7H,1H2,(H2,16,21)(H,17,18)(H,19,20). The van der Waals surface area contributed by atoms with Crippen molar-refractivity contribution in [3.05, 3.63) is 58.7 Å². The predicted octanol–water partition coefficient (Wildman–Crippen LogP) is 3.93. The Labute approximate surface area is 131 Å². The summed E-state index contributed by atoms with van der Waals surface area (Å²) in [5.74, 6) is 5.42. The molecule has 108 valence electrons. The number of hydrogen-bond acceptors (Lipinski definition) is 4. The molecule has 0 atom stereocenters. The second kappa shape index (κ2) is 6.92. The van der Waals surface area contributed by atoms with E-state index in [0.29, 0.717) is 27.1 Å². The number of hydrogen-bond donors (Lipinski definition) is 3. The topological polar surface area (TPSA) is 87.7 Å². The number of nitrogens with zero attached hydrogens (tertiary/aromatic N) is 3. The maximum absolute atomic E-state index is 6.19. The summed E-state index contributed by atoms with van der Waals surface area (Å²) in [6.07, 6.45) is 1.60. The van der Waals surface area contributed by atoms with Crippen LogP contribution in [0.15, 0.2) is 53.6 Å². The highest BCUT2D eigenvalue weighted by Gasteiger charge is 2.06. The zero-order valence-electron chi connectivity index (χ0n) is 10.8. The van der Waals surface area contributed by atoms with Gasteiger partial charge in [-0.3, -0.25) is 5.43 Å². The van der Waals surface area contributed by atoms with Crippen LogP contribution in [-0.2, 0) is 0 Å². The normalized spacial score (nSPS) is 10.6. The zero-order valence-corrected chi connectivity index (χ0v) is 12.4. The van der Waals surface area contributed by atoms with E-state index in [1.165, 1.54) is 0 Å². The molecular weight excluding hydrogens is 311 g/mol. The van der Waals surface area contributed by atoms with Crippen LogP contribution < -0.4 is 16.6 Å². The van der Waals surface area contributed by atoms with E-state index in [1.54, 1.807) is 24.4 Å². The van der Waals surface area contributed by atoms with Gasteiger partial charge in [-0.1, -0.05) is 40.2 Å². The molecule has 0 aliphatic carbocycles. The summed E-state index contributed by atoms with van der Waals surface area (Å²) in [7, 11) is 0. The van der Waals surface area contributed by atoms with Crippen molar-refractivity contribution >= 4 is 40.4 Å². The second-order valence-electron chi connectivity index (χ2n) is 3.99. The Kier molecular flexibility index (Phi) is 4.97. The third-order valence-corrected chi connectivity index (χ3v) is 3.08. The molecule has 1 aromatic carbocycles. The first-order chi connectivity index (χ1) is 10.1. The van der Waals surface area contributed by atoms with E-state index in [1.807, 2.05) is 12.1 Å². The molecule has 2 aromatic rings. The van der Waals surface area contributed by atoms with Crippen molar-refractivity contribution in [2.24, 2.45) is 16.3 Å². The van der Waals surface area contributed by atoms with Gasteiger partial charge in [-0.2, -0.15) is 0 Å². The molecule has 4 N–H and O–H groups in total. The van der Waals surface area contributed by atoms with Gasteiger partial charge in [0.1, 0.15) is 5.82 Å². The molecule has 8 heteroatoms. The summed E-state index contributed by atoms with van der Waals surface area (Å²) < 4.78 is 0. The molecular formula is C13H12Cl2N6. The summed E-state index contributed by atoms with van der Waals surface area (Å²) in [5, 5.41) is 10.7. The van der Waals surface area contributed by atoms with E-state index in [-0.39, 0.29) is 0 Å². The van der Waals surface area contributed by atoms with Gasteiger partial charge < -0.3 is 11.2 Å². The smallest absolute Gasteiger partial charge is 0.149 e. The van der Waals surface area contributed by atoms with E-state index in [9.17, 15) is 0 Å². The summed E-state index contributed by atoms with van der Waals surface area (Å²) in [6.45, 7) is 3.77. The molecule has 1 heterocycles. The minimum atomic E-state index is 0.440. The lowest BCUT2D eigenvalue weighted by atomic mass is 10.2. The van der Waals surface area contributed by atoms with E-state index in [2.05, 4.69) is 32.8 Å². The molecule has 0 radical (unpaired) electrons. The van der Waals surface area contributed by atoms with Gasteiger partial charge in [0.25, 0.3) is 0 Å². The largest absolute Gasteiger partial charge is 0.339 e. The Morgan fingerprint density at radius 2 is 1.95 bits per heavy atom. The Balaban J connectivity index is 2.15. The lowest BCUT2D eigenvalue weighted by Crippen LogP contribution is -2.04. The lowest BCUT2D eigenvalue weighted by molar-refractivity contribution is 0.839. The van der Waals surface area contributed by atoms with Crippen LogP contribution in [-0.4, -0.2) is 4.98 Å². The highest BCUT2D eigenvalue weighted by atomic mass is 35.5. The highest BCUT2D eigenvalue weighted by Crippen LogP contribution is 2.26. The van der Waals surface area contributed by atoms with E-state index in [0.717, 1.165) is 5.69 Å². The number of nitrogens with one attached hydrogen (secondary N) is 2. The first kappa shape index (κ1) is 15.1. The van der Waals surface area contributed by atoms with Crippen molar-refractivity contribution in [1.82, 2.24) is 10.4 Å². The van der Waals surface area contributed by atoms with Crippen molar-refractivity contribution in [3.8, 4) is 0 Å². The zero-order chi connectivity index (χ0) is 15.2. The number of nitrogens with two attached hydrogens (primary N) is 1. The minimum Gasteiger partial charge on any atom is -0.339 e. The van der Waals surface area contributed by atoms with Gasteiger partial charge in [-0.15, -0.1) is 0 Å². The van der Waals surface area contributed by atoms with Crippen LogP contribution in [0.1, 0.15) is 5.56 Å². The average Bonchev–Trinajstić information content (AvgIpc) is 2.49. The molecule has 0 saturated carbocycles. The molecule has 0 spiro atoms. The van der Waals surface area contributed by atoms with Crippen LogP contribution in [0, 0.1) is 0 Å². The quantitative estimate of drug-likeness (QED) is 0.442. The minimum absolute atomic E-state index is 0.440. The second-order valence-corrected chi connectivity index (χ2v) is 4.84. The van der Waals surface area contributed by atoms with Gasteiger partial charge in [0.15, 0.2) is 0 Å². The van der Waals surface area contributed by atoms with Crippen LogP contribution in [0.25, 0.3) is 5.70 Å². The third kappa shape index (κ3) is 4.08. The average molecular weight is 323 g/mol. The van der Waals surface area contributed by atoms with Gasteiger partial charge in [0.05, 0.1) is 10.7 Å². The molecule has 0 unspecified atom stereocenters. The van der Waals surface area contributed by atoms with Crippen molar-refractivity contribution in [2.45, 2.75) is 0 Å². The molecule has 2 rings (SSSR count). The monoisotopic (exact) mass is 322 g/mol. The SMILES string of the molecule is C=C(N/N=N\N)c1cnc(Nc2ccc(Cl)cc2)c(Cl)c1. The van der Waals surface area contributed by atoms with Gasteiger partial charge >= 0.3 is 0 Å². The Morgan fingerprint density at radius 3 is 2.57 bits per heavy atom. The fourth-order valence-corrected chi connectivity index (χ4v) is 1.86. The third-order valence-electron chi connectivity index (χ3n) is 2.54. The Bertz CT molecular complexity index is 669. The Hall–Kier alpha value is -2.31. The van der Waals surface area contributed by atoms with Gasteiger partial charge in [-0.05, 0) is 30.3 Å². The van der Waals surface area contributed by atoms with E-state index >= 15 is 0 Å². The Morgan fingerprint density at radius 1 is 1.24 bits per heavy atom. The number of pyridine rings is 1. The van der Waals surface area contributed by atoms with Crippen LogP contribution in [0.4, 0.5) is 11.5 Å².